The number of likely N-dealkylation sites (N-methyl/N-ethyl adjacent to an activating group) is 1. The highest BCUT2D eigenvalue weighted by Crippen LogP contribution is 2.16. The van der Waals surface area contributed by atoms with Gasteiger partial charge in [-0.2, -0.15) is 0 Å². The number of aromatic nitrogens is 1. The summed E-state index contributed by atoms with van der Waals surface area (Å²) in [5.41, 5.74) is 0.900. The summed E-state index contributed by atoms with van der Waals surface area (Å²) >= 11 is 0. The number of carboxylic acids is 1. The number of rotatable bonds is 6. The molecule has 5 heteroatoms. The third-order valence-corrected chi connectivity index (χ3v) is 2.78. The first kappa shape index (κ1) is 13.7. The van der Waals surface area contributed by atoms with E-state index in [0.717, 1.165) is 5.69 Å². The lowest BCUT2D eigenvalue weighted by Crippen LogP contribution is -2.37. The molecule has 1 heterocycles. The van der Waals surface area contributed by atoms with Crippen LogP contribution in [0.25, 0.3) is 0 Å². The smallest absolute Gasteiger partial charge is 0.320 e. The van der Waals surface area contributed by atoms with Crippen molar-refractivity contribution in [3.05, 3.63) is 17.5 Å². The van der Waals surface area contributed by atoms with Crippen LogP contribution in [0.4, 0.5) is 0 Å². The average Bonchev–Trinajstić information content (AvgIpc) is 2.66. The van der Waals surface area contributed by atoms with E-state index in [1.807, 2.05) is 26.8 Å². The number of carboxylic acid groups (broad SMARTS) is 1. The minimum absolute atomic E-state index is 0.319. The van der Waals surface area contributed by atoms with Gasteiger partial charge in [0.25, 0.3) is 0 Å². The summed E-state index contributed by atoms with van der Waals surface area (Å²) in [4.78, 5) is 12.7. The zero-order valence-corrected chi connectivity index (χ0v) is 10.8. The van der Waals surface area contributed by atoms with Gasteiger partial charge in [0.2, 0.25) is 0 Å². The van der Waals surface area contributed by atoms with Gasteiger partial charge >= 0.3 is 5.97 Å². The van der Waals surface area contributed by atoms with Gasteiger partial charge in [-0.15, -0.1) is 0 Å². The number of carbonyl (C=O) groups is 1. The minimum Gasteiger partial charge on any atom is -0.480 e. The lowest BCUT2D eigenvalue weighted by molar-refractivity contribution is -0.143. The molecule has 0 spiro atoms. The minimum atomic E-state index is -0.807. The molecule has 1 N–H and O–H groups in total. The molecule has 0 saturated heterocycles. The molecule has 96 valence electrons. The van der Waals surface area contributed by atoms with Crippen LogP contribution in [0.2, 0.25) is 0 Å². The molecular weight excluding hydrogens is 220 g/mol. The molecule has 1 aromatic heterocycles. The van der Waals surface area contributed by atoms with Crippen LogP contribution >= 0.6 is 0 Å². The highest BCUT2D eigenvalue weighted by atomic mass is 16.5. The van der Waals surface area contributed by atoms with Crippen molar-refractivity contribution in [1.82, 2.24) is 10.1 Å². The summed E-state index contributed by atoms with van der Waals surface area (Å²) in [7, 11) is 1.78. The molecule has 0 unspecified atom stereocenters. The Morgan fingerprint density at radius 2 is 2.24 bits per heavy atom. The molecule has 0 aromatic carbocycles. The quantitative estimate of drug-likeness (QED) is 0.824. The maximum Gasteiger partial charge on any atom is 0.320 e. The molecular formula is C12H20N2O3. The summed E-state index contributed by atoms with van der Waals surface area (Å²) in [6, 6.07) is 1.40. The van der Waals surface area contributed by atoms with Crippen molar-refractivity contribution in [3.63, 3.8) is 0 Å². The summed E-state index contributed by atoms with van der Waals surface area (Å²) in [6.45, 7) is 6.40. The average molecular weight is 240 g/mol. The third-order valence-electron chi connectivity index (χ3n) is 2.78. The largest absolute Gasteiger partial charge is 0.480 e. The van der Waals surface area contributed by atoms with Crippen molar-refractivity contribution in [2.45, 2.75) is 45.7 Å². The Hall–Kier alpha value is -1.36. The predicted molar refractivity (Wildman–Crippen MR) is 63.8 cm³/mol. The molecule has 1 aromatic rings. The third kappa shape index (κ3) is 3.56. The van der Waals surface area contributed by atoms with E-state index in [2.05, 4.69) is 5.16 Å². The molecule has 0 saturated carbocycles. The number of hydrogen-bond donors (Lipinski definition) is 1. The normalized spacial score (nSPS) is 13.3. The van der Waals surface area contributed by atoms with Crippen LogP contribution in [0, 0.1) is 0 Å². The maximum atomic E-state index is 11.0. The van der Waals surface area contributed by atoms with E-state index < -0.39 is 12.0 Å². The van der Waals surface area contributed by atoms with Crippen molar-refractivity contribution in [1.29, 1.82) is 0 Å². The van der Waals surface area contributed by atoms with Gasteiger partial charge in [-0.05, 0) is 19.4 Å². The Morgan fingerprint density at radius 1 is 1.59 bits per heavy atom. The first-order valence-electron chi connectivity index (χ1n) is 5.84. The van der Waals surface area contributed by atoms with Gasteiger partial charge in [0, 0.05) is 6.07 Å². The van der Waals surface area contributed by atoms with Gasteiger partial charge in [0.1, 0.15) is 6.04 Å². The van der Waals surface area contributed by atoms with Crippen LogP contribution in [0.15, 0.2) is 10.6 Å². The number of hydrogen-bond acceptors (Lipinski definition) is 4. The fourth-order valence-electron chi connectivity index (χ4n) is 1.71. The van der Waals surface area contributed by atoms with E-state index in [4.69, 9.17) is 9.63 Å². The molecule has 1 rings (SSSR count). The van der Waals surface area contributed by atoms with Gasteiger partial charge in [-0.25, -0.2) is 0 Å². The van der Waals surface area contributed by atoms with Gasteiger partial charge < -0.3 is 9.63 Å². The van der Waals surface area contributed by atoms with Gasteiger partial charge in [-0.1, -0.05) is 25.9 Å². The number of nitrogens with zero attached hydrogens (tertiary/aromatic N) is 2. The second kappa shape index (κ2) is 5.82. The van der Waals surface area contributed by atoms with Crippen molar-refractivity contribution in [2.75, 3.05) is 7.05 Å². The fraction of sp³-hybridized carbons (Fsp3) is 0.667. The molecule has 0 fully saturated rings. The standard InChI is InChI=1S/C12H20N2O3/c1-5-11(12(15)16)14(4)7-9-6-10(8(2)3)13-17-9/h6,8,11H,5,7H2,1-4H3,(H,15,16)/t11-/m1/s1. The summed E-state index contributed by atoms with van der Waals surface area (Å²) in [6.07, 6.45) is 0.566. The van der Waals surface area contributed by atoms with E-state index in [1.54, 1.807) is 11.9 Å². The first-order valence-corrected chi connectivity index (χ1v) is 5.84. The van der Waals surface area contributed by atoms with E-state index in [-0.39, 0.29) is 0 Å². The zero-order chi connectivity index (χ0) is 13.0. The lowest BCUT2D eigenvalue weighted by atomic mass is 10.1. The molecule has 5 nitrogen and oxygen atoms in total. The molecule has 0 amide bonds. The molecule has 0 aliphatic rings. The van der Waals surface area contributed by atoms with Gasteiger partial charge in [0.15, 0.2) is 5.76 Å². The van der Waals surface area contributed by atoms with Crippen molar-refractivity contribution >= 4 is 5.97 Å². The van der Waals surface area contributed by atoms with Gasteiger partial charge in [0.05, 0.1) is 12.2 Å². The van der Waals surface area contributed by atoms with Crippen molar-refractivity contribution in [2.24, 2.45) is 0 Å². The predicted octanol–water partition coefficient (Wildman–Crippen LogP) is 2.09. The summed E-state index contributed by atoms with van der Waals surface area (Å²) in [5, 5.41) is 13.0. The lowest BCUT2D eigenvalue weighted by Gasteiger charge is -2.21. The van der Waals surface area contributed by atoms with E-state index in [1.165, 1.54) is 0 Å². The SMILES string of the molecule is CC[C@H](C(=O)O)N(C)Cc1cc(C(C)C)no1. The Kier molecular flexibility index (Phi) is 4.69. The van der Waals surface area contributed by atoms with Crippen LogP contribution < -0.4 is 0 Å². The van der Waals surface area contributed by atoms with Crippen LogP contribution in [-0.4, -0.2) is 34.2 Å². The van der Waals surface area contributed by atoms with Crippen LogP contribution in [-0.2, 0) is 11.3 Å². The van der Waals surface area contributed by atoms with Crippen molar-refractivity contribution in [3.8, 4) is 0 Å². The van der Waals surface area contributed by atoms with Gasteiger partial charge in [-0.3, -0.25) is 9.69 Å². The monoisotopic (exact) mass is 240 g/mol. The Labute approximate surface area is 101 Å². The fourth-order valence-corrected chi connectivity index (χ4v) is 1.71. The molecule has 0 bridgehead atoms. The van der Waals surface area contributed by atoms with Crippen LogP contribution in [0.3, 0.4) is 0 Å². The highest BCUT2D eigenvalue weighted by molar-refractivity contribution is 5.73. The van der Waals surface area contributed by atoms with E-state index in [9.17, 15) is 4.79 Å². The van der Waals surface area contributed by atoms with Crippen LogP contribution in [0.5, 0.6) is 0 Å². The first-order chi connectivity index (χ1) is 7.95. The van der Waals surface area contributed by atoms with E-state index >= 15 is 0 Å². The Bertz CT molecular complexity index is 374. The molecule has 17 heavy (non-hydrogen) atoms. The Morgan fingerprint density at radius 3 is 2.65 bits per heavy atom. The zero-order valence-electron chi connectivity index (χ0n) is 10.8. The van der Waals surface area contributed by atoms with Crippen molar-refractivity contribution < 1.29 is 14.4 Å². The second-order valence-electron chi connectivity index (χ2n) is 4.55. The second-order valence-corrected chi connectivity index (χ2v) is 4.55. The topological polar surface area (TPSA) is 66.6 Å². The molecule has 0 radical (unpaired) electrons. The summed E-state index contributed by atoms with van der Waals surface area (Å²) < 4.78 is 5.19. The maximum absolute atomic E-state index is 11.0. The van der Waals surface area contributed by atoms with Crippen LogP contribution in [0.1, 0.15) is 44.6 Å². The summed E-state index contributed by atoms with van der Waals surface area (Å²) in [5.74, 6) is 0.216. The Balaban J connectivity index is 2.66. The number of aliphatic carboxylic acids is 1. The molecule has 0 aliphatic carbocycles. The molecule has 0 aliphatic heterocycles. The molecule has 1 atom stereocenters. The highest BCUT2D eigenvalue weighted by Gasteiger charge is 2.21. The van der Waals surface area contributed by atoms with E-state index in [0.29, 0.717) is 24.6 Å².